The molecule has 3 aromatic heterocycles. The van der Waals surface area contributed by atoms with Gasteiger partial charge in [0.2, 0.25) is 11.6 Å². The molecule has 10 heteroatoms. The summed E-state index contributed by atoms with van der Waals surface area (Å²) in [4.78, 5) is 21.6. The fourth-order valence-electron chi connectivity index (χ4n) is 4.01. The van der Waals surface area contributed by atoms with Crippen molar-refractivity contribution in [1.82, 2.24) is 24.1 Å². The molecule has 188 valence electrons. The van der Waals surface area contributed by atoms with Gasteiger partial charge in [-0.1, -0.05) is 63.2 Å². The number of benzene rings is 2. The second-order valence-corrected chi connectivity index (χ2v) is 9.45. The normalized spacial score (nSPS) is 11.6. The Morgan fingerprint density at radius 3 is 2.03 bits per heavy atom. The van der Waals surface area contributed by atoms with E-state index < -0.39 is 16.9 Å². The van der Waals surface area contributed by atoms with Crippen LogP contribution in [-0.4, -0.2) is 29.2 Å². The van der Waals surface area contributed by atoms with Crippen molar-refractivity contribution < 1.29 is 5.11 Å². The number of pyridine rings is 1. The molecule has 5 aromatic rings. The standard InChI is InChI=1S/C28H24N8O2/c1-28(2,3)24-22(29-4)25(34(33-24)21-17-11-12-18-30-21)32-31-23-26(37)35(19-13-7-5-8-14-19)36(27(23)38)20-15-9-6-10-16-20/h5-18,37H,1-3H3. The maximum Gasteiger partial charge on any atom is 0.303 e. The average molecular weight is 505 g/mol. The van der Waals surface area contributed by atoms with E-state index >= 15 is 0 Å². The van der Waals surface area contributed by atoms with E-state index in [1.165, 1.54) is 14.0 Å². The van der Waals surface area contributed by atoms with Crippen LogP contribution in [0.2, 0.25) is 0 Å². The van der Waals surface area contributed by atoms with Crippen LogP contribution in [-0.2, 0) is 5.41 Å². The van der Waals surface area contributed by atoms with E-state index in [0.717, 1.165) is 0 Å². The Morgan fingerprint density at radius 2 is 1.47 bits per heavy atom. The molecule has 0 aliphatic carbocycles. The predicted molar refractivity (Wildman–Crippen MR) is 144 cm³/mol. The smallest absolute Gasteiger partial charge is 0.303 e. The second kappa shape index (κ2) is 9.63. The summed E-state index contributed by atoms with van der Waals surface area (Å²) >= 11 is 0. The first-order valence-corrected chi connectivity index (χ1v) is 11.8. The number of rotatable bonds is 5. The molecule has 0 aliphatic rings. The summed E-state index contributed by atoms with van der Waals surface area (Å²) in [5.74, 6) is 0.161. The van der Waals surface area contributed by atoms with Crippen molar-refractivity contribution in [3.63, 3.8) is 0 Å². The highest BCUT2D eigenvalue weighted by atomic mass is 16.3. The van der Waals surface area contributed by atoms with Gasteiger partial charge in [0, 0.05) is 6.20 Å². The highest BCUT2D eigenvalue weighted by molar-refractivity contribution is 5.69. The topological polar surface area (TPSA) is 107 Å². The minimum atomic E-state index is -0.578. The zero-order chi connectivity index (χ0) is 26.9. The van der Waals surface area contributed by atoms with Crippen molar-refractivity contribution in [2.75, 3.05) is 0 Å². The van der Waals surface area contributed by atoms with E-state index in [1.54, 1.807) is 72.9 Å². The fraction of sp³-hybridized carbons (Fsp3) is 0.143. The Hall–Kier alpha value is -5.30. The molecule has 0 radical (unpaired) electrons. The molecule has 0 bridgehead atoms. The fourth-order valence-corrected chi connectivity index (χ4v) is 4.01. The van der Waals surface area contributed by atoms with E-state index in [1.807, 2.05) is 32.9 Å². The Balaban J connectivity index is 1.74. The molecule has 0 saturated carbocycles. The first kappa shape index (κ1) is 24.4. The number of aromatic hydroxyl groups is 1. The van der Waals surface area contributed by atoms with E-state index in [4.69, 9.17) is 6.57 Å². The third-order valence-electron chi connectivity index (χ3n) is 5.78. The molecule has 0 spiro atoms. The number of para-hydroxylation sites is 2. The van der Waals surface area contributed by atoms with Crippen LogP contribution < -0.4 is 5.56 Å². The van der Waals surface area contributed by atoms with E-state index in [-0.39, 0.29) is 17.2 Å². The molecule has 0 aliphatic heterocycles. The SMILES string of the molecule is [C-]#[N+]c1c(C(C)(C)C)nn(-c2ccccn2)c1N=Nc1c(O)n(-c2ccccc2)n(-c2ccccc2)c1=O. The largest absolute Gasteiger partial charge is 0.492 e. The number of hydrogen-bond donors (Lipinski definition) is 1. The molecular weight excluding hydrogens is 480 g/mol. The molecule has 5 rings (SSSR count). The third-order valence-corrected chi connectivity index (χ3v) is 5.78. The molecule has 3 heterocycles. The van der Waals surface area contributed by atoms with E-state index in [9.17, 15) is 9.90 Å². The van der Waals surface area contributed by atoms with Crippen LogP contribution >= 0.6 is 0 Å². The van der Waals surface area contributed by atoms with Crippen LogP contribution in [0.25, 0.3) is 22.0 Å². The predicted octanol–water partition coefficient (Wildman–Crippen LogP) is 6.18. The molecule has 0 amide bonds. The van der Waals surface area contributed by atoms with Crippen LogP contribution in [0.3, 0.4) is 0 Å². The molecule has 38 heavy (non-hydrogen) atoms. The number of azo groups is 1. The lowest BCUT2D eigenvalue weighted by atomic mass is 9.91. The van der Waals surface area contributed by atoms with Crippen molar-refractivity contribution in [3.8, 4) is 23.1 Å². The Bertz CT molecular complexity index is 1720. The van der Waals surface area contributed by atoms with Crippen LogP contribution in [0.15, 0.2) is 100 Å². The van der Waals surface area contributed by atoms with Gasteiger partial charge in [-0.05, 0) is 41.8 Å². The van der Waals surface area contributed by atoms with Crippen molar-refractivity contribution in [2.24, 2.45) is 10.2 Å². The number of aromatic nitrogens is 5. The summed E-state index contributed by atoms with van der Waals surface area (Å²) in [7, 11) is 0. The van der Waals surface area contributed by atoms with Gasteiger partial charge in [-0.15, -0.1) is 10.2 Å². The van der Waals surface area contributed by atoms with Gasteiger partial charge in [-0.25, -0.2) is 23.9 Å². The maximum atomic E-state index is 13.6. The van der Waals surface area contributed by atoms with Gasteiger partial charge in [-0.2, -0.15) is 5.10 Å². The molecule has 1 N–H and O–H groups in total. The summed E-state index contributed by atoms with van der Waals surface area (Å²) in [5, 5.41) is 24.4. The van der Waals surface area contributed by atoms with Gasteiger partial charge in [0.1, 0.15) is 0 Å². The van der Waals surface area contributed by atoms with Gasteiger partial charge >= 0.3 is 5.56 Å². The van der Waals surface area contributed by atoms with Crippen LogP contribution in [0.4, 0.5) is 17.2 Å². The number of nitrogens with zero attached hydrogens (tertiary/aromatic N) is 8. The third kappa shape index (κ3) is 4.26. The summed E-state index contributed by atoms with van der Waals surface area (Å²) in [6, 6.07) is 23.2. The zero-order valence-corrected chi connectivity index (χ0v) is 21.0. The second-order valence-electron chi connectivity index (χ2n) is 9.45. The van der Waals surface area contributed by atoms with Gasteiger partial charge in [0.05, 0.1) is 23.6 Å². The Labute approximate surface area is 218 Å². The van der Waals surface area contributed by atoms with Crippen LogP contribution in [0.5, 0.6) is 5.88 Å². The summed E-state index contributed by atoms with van der Waals surface area (Å²) < 4.78 is 4.13. The molecular formula is C28H24N8O2. The lowest BCUT2D eigenvalue weighted by molar-refractivity contribution is 0.426. The Kier molecular flexibility index (Phi) is 6.18. The van der Waals surface area contributed by atoms with Crippen molar-refractivity contribution >= 4 is 17.2 Å². The quantitative estimate of drug-likeness (QED) is 0.228. The number of hydrogen-bond acceptors (Lipinski definition) is 6. The lowest BCUT2D eigenvalue weighted by Crippen LogP contribution is -2.20. The van der Waals surface area contributed by atoms with Gasteiger partial charge in [0.15, 0.2) is 11.6 Å². The van der Waals surface area contributed by atoms with Gasteiger partial charge < -0.3 is 5.11 Å². The molecule has 2 aromatic carbocycles. The lowest BCUT2D eigenvalue weighted by Gasteiger charge is -2.15. The minimum absolute atomic E-state index is 0.112. The molecule has 0 unspecified atom stereocenters. The van der Waals surface area contributed by atoms with E-state index in [2.05, 4.69) is 25.2 Å². The maximum absolute atomic E-state index is 13.6. The monoisotopic (exact) mass is 504 g/mol. The van der Waals surface area contributed by atoms with E-state index in [0.29, 0.717) is 22.9 Å². The minimum Gasteiger partial charge on any atom is -0.492 e. The van der Waals surface area contributed by atoms with Gasteiger partial charge in [-0.3, -0.25) is 4.79 Å². The van der Waals surface area contributed by atoms with Crippen molar-refractivity contribution in [3.05, 3.63) is 113 Å². The zero-order valence-electron chi connectivity index (χ0n) is 21.0. The van der Waals surface area contributed by atoms with Gasteiger partial charge in [0.25, 0.3) is 5.69 Å². The van der Waals surface area contributed by atoms with Crippen molar-refractivity contribution in [2.45, 2.75) is 26.2 Å². The van der Waals surface area contributed by atoms with Crippen molar-refractivity contribution in [1.29, 1.82) is 0 Å². The summed E-state index contributed by atoms with van der Waals surface area (Å²) in [5.41, 5.74) is 0.474. The highest BCUT2D eigenvalue weighted by Gasteiger charge is 2.29. The van der Waals surface area contributed by atoms with Crippen LogP contribution in [0.1, 0.15) is 26.5 Å². The molecule has 0 fully saturated rings. The summed E-state index contributed by atoms with van der Waals surface area (Å²) in [6.07, 6.45) is 1.61. The average Bonchev–Trinajstić information content (AvgIpc) is 3.43. The Morgan fingerprint density at radius 1 is 0.868 bits per heavy atom. The summed E-state index contributed by atoms with van der Waals surface area (Å²) in [6.45, 7) is 13.7. The molecule has 10 nitrogen and oxygen atoms in total. The van der Waals surface area contributed by atoms with Crippen LogP contribution in [0, 0.1) is 6.57 Å². The molecule has 0 atom stereocenters. The first-order chi connectivity index (χ1) is 18.3. The molecule has 0 saturated heterocycles. The first-order valence-electron chi connectivity index (χ1n) is 11.8. The highest BCUT2D eigenvalue weighted by Crippen LogP contribution is 2.41.